The van der Waals surface area contributed by atoms with Crippen LogP contribution in [0.3, 0.4) is 0 Å². The van der Waals surface area contributed by atoms with Crippen LogP contribution in [0.25, 0.3) is 0 Å². The predicted octanol–water partition coefficient (Wildman–Crippen LogP) is 2.99. The smallest absolute Gasteiger partial charge is 0.384 e. The fourth-order valence-corrected chi connectivity index (χ4v) is 3.02. The van der Waals surface area contributed by atoms with Crippen LogP contribution in [0.4, 0.5) is 18.9 Å². The summed E-state index contributed by atoms with van der Waals surface area (Å²) in [5, 5.41) is 2.76. The minimum absolute atomic E-state index is 0.0489. The second-order valence-corrected chi connectivity index (χ2v) is 6.80. The maximum Gasteiger partial charge on any atom is 0.501 e. The van der Waals surface area contributed by atoms with Crippen molar-refractivity contribution in [2.45, 2.75) is 30.3 Å². The van der Waals surface area contributed by atoms with E-state index < -0.39 is 20.2 Å². The Kier molecular flexibility index (Phi) is 4.98. The number of para-hydroxylation sites is 1. The third-order valence-electron chi connectivity index (χ3n) is 3.30. The molecule has 0 spiro atoms. The molecule has 126 valence electrons. The molecule has 2 rings (SSSR count). The largest absolute Gasteiger partial charge is 0.501 e. The molecule has 0 bridgehead atoms. The van der Waals surface area contributed by atoms with Crippen molar-refractivity contribution in [2.24, 2.45) is 0 Å². The number of alkyl halides is 3. The lowest BCUT2D eigenvalue weighted by Crippen LogP contribution is -2.24. The quantitative estimate of drug-likeness (QED) is 0.816. The SMILES string of the molecule is Cc1nccn1CCCNc1ccccc1S(=O)(=O)C(F)(F)F. The van der Waals surface area contributed by atoms with Crippen molar-refractivity contribution < 1.29 is 21.6 Å². The number of hydrogen-bond acceptors (Lipinski definition) is 4. The van der Waals surface area contributed by atoms with E-state index in [-0.39, 0.29) is 5.69 Å². The molecule has 9 heteroatoms. The van der Waals surface area contributed by atoms with E-state index in [4.69, 9.17) is 0 Å². The number of aryl methyl sites for hydroxylation is 2. The van der Waals surface area contributed by atoms with E-state index in [1.54, 1.807) is 12.4 Å². The van der Waals surface area contributed by atoms with Crippen molar-refractivity contribution in [3.63, 3.8) is 0 Å². The number of hydrogen-bond donors (Lipinski definition) is 1. The third kappa shape index (κ3) is 3.84. The van der Waals surface area contributed by atoms with Gasteiger partial charge in [0.2, 0.25) is 0 Å². The number of halogens is 3. The summed E-state index contributed by atoms with van der Waals surface area (Å²) in [6, 6.07) is 5.02. The topological polar surface area (TPSA) is 64.0 Å². The molecule has 2 aromatic rings. The van der Waals surface area contributed by atoms with E-state index >= 15 is 0 Å². The van der Waals surface area contributed by atoms with Gasteiger partial charge in [-0.15, -0.1) is 0 Å². The summed E-state index contributed by atoms with van der Waals surface area (Å²) >= 11 is 0. The molecule has 0 radical (unpaired) electrons. The van der Waals surface area contributed by atoms with E-state index in [9.17, 15) is 21.6 Å². The third-order valence-corrected chi connectivity index (χ3v) is 4.84. The van der Waals surface area contributed by atoms with Crippen LogP contribution >= 0.6 is 0 Å². The summed E-state index contributed by atoms with van der Waals surface area (Å²) in [7, 11) is -5.37. The molecular formula is C14H16F3N3O2S. The summed E-state index contributed by atoms with van der Waals surface area (Å²) < 4.78 is 63.1. The minimum Gasteiger partial charge on any atom is -0.384 e. The molecule has 0 aliphatic carbocycles. The van der Waals surface area contributed by atoms with Gasteiger partial charge < -0.3 is 9.88 Å². The van der Waals surface area contributed by atoms with Crippen LogP contribution in [-0.4, -0.2) is 30.0 Å². The first-order valence-electron chi connectivity index (χ1n) is 6.85. The predicted molar refractivity (Wildman–Crippen MR) is 79.8 cm³/mol. The Balaban J connectivity index is 2.05. The summed E-state index contributed by atoms with van der Waals surface area (Å²) in [5.41, 5.74) is -5.37. The summed E-state index contributed by atoms with van der Waals surface area (Å²) in [6.45, 7) is 2.81. The van der Waals surface area contributed by atoms with E-state index in [0.29, 0.717) is 19.5 Å². The fraction of sp³-hybridized carbons (Fsp3) is 0.357. The van der Waals surface area contributed by atoms with Crippen molar-refractivity contribution >= 4 is 15.5 Å². The molecule has 0 unspecified atom stereocenters. The lowest BCUT2D eigenvalue weighted by Gasteiger charge is -2.14. The van der Waals surface area contributed by atoms with Gasteiger partial charge in [-0.2, -0.15) is 13.2 Å². The minimum atomic E-state index is -5.37. The van der Waals surface area contributed by atoms with Gasteiger partial charge in [-0.3, -0.25) is 0 Å². The summed E-state index contributed by atoms with van der Waals surface area (Å²) in [4.78, 5) is 3.31. The lowest BCUT2D eigenvalue weighted by atomic mass is 10.3. The molecule has 0 atom stereocenters. The normalized spacial score (nSPS) is 12.3. The molecule has 0 saturated carbocycles. The molecule has 5 nitrogen and oxygen atoms in total. The lowest BCUT2D eigenvalue weighted by molar-refractivity contribution is -0.0435. The highest BCUT2D eigenvalue weighted by Crippen LogP contribution is 2.34. The number of benzene rings is 1. The Morgan fingerprint density at radius 2 is 1.96 bits per heavy atom. The molecule has 1 aromatic heterocycles. The van der Waals surface area contributed by atoms with Crippen molar-refractivity contribution in [2.75, 3.05) is 11.9 Å². The first kappa shape index (κ1) is 17.3. The molecule has 1 aromatic carbocycles. The highest BCUT2D eigenvalue weighted by Gasteiger charge is 2.47. The first-order chi connectivity index (χ1) is 10.7. The van der Waals surface area contributed by atoms with Crippen LogP contribution < -0.4 is 5.32 Å². The van der Waals surface area contributed by atoms with Crippen molar-refractivity contribution in [1.82, 2.24) is 9.55 Å². The molecule has 0 amide bonds. The standard InChI is InChI=1S/C14H16F3N3O2S/c1-11-18-8-10-20(11)9-4-7-19-12-5-2-3-6-13(12)23(21,22)14(15,16)17/h2-3,5-6,8,10,19H,4,7,9H2,1H3. The van der Waals surface area contributed by atoms with Crippen LogP contribution in [0.5, 0.6) is 0 Å². The second kappa shape index (κ2) is 6.61. The maximum atomic E-state index is 12.7. The van der Waals surface area contributed by atoms with Crippen LogP contribution in [0.15, 0.2) is 41.6 Å². The van der Waals surface area contributed by atoms with Crippen LogP contribution in [0.2, 0.25) is 0 Å². The van der Waals surface area contributed by atoms with Gasteiger partial charge in [-0.25, -0.2) is 13.4 Å². The summed E-state index contributed by atoms with van der Waals surface area (Å²) in [5.74, 6) is 0.838. The average molecular weight is 347 g/mol. The van der Waals surface area contributed by atoms with E-state index in [0.717, 1.165) is 11.9 Å². The Hall–Kier alpha value is -2.03. The monoisotopic (exact) mass is 347 g/mol. The van der Waals surface area contributed by atoms with Crippen molar-refractivity contribution in [3.05, 3.63) is 42.5 Å². The number of nitrogens with one attached hydrogen (secondary N) is 1. The van der Waals surface area contributed by atoms with Gasteiger partial charge >= 0.3 is 5.51 Å². The number of anilines is 1. The van der Waals surface area contributed by atoms with Gasteiger partial charge in [0.15, 0.2) is 0 Å². The van der Waals surface area contributed by atoms with Gasteiger partial charge in [0, 0.05) is 25.5 Å². The molecule has 0 saturated heterocycles. The van der Waals surface area contributed by atoms with Gasteiger partial charge in [0.05, 0.1) is 10.6 Å². The zero-order valence-corrected chi connectivity index (χ0v) is 13.2. The molecule has 0 aliphatic heterocycles. The Morgan fingerprint density at radius 1 is 1.26 bits per heavy atom. The van der Waals surface area contributed by atoms with E-state index in [2.05, 4.69) is 10.3 Å². The Labute approximate surface area is 132 Å². The fourth-order valence-electron chi connectivity index (χ4n) is 2.08. The van der Waals surface area contributed by atoms with Crippen LogP contribution in [-0.2, 0) is 16.4 Å². The van der Waals surface area contributed by atoms with Gasteiger partial charge in [0.1, 0.15) is 5.82 Å². The zero-order valence-electron chi connectivity index (χ0n) is 12.3. The number of rotatable bonds is 6. The molecular weight excluding hydrogens is 331 g/mol. The molecule has 1 heterocycles. The van der Waals surface area contributed by atoms with E-state index in [1.807, 2.05) is 11.5 Å². The number of imidazole rings is 1. The Morgan fingerprint density at radius 3 is 2.57 bits per heavy atom. The van der Waals surface area contributed by atoms with Crippen molar-refractivity contribution in [3.8, 4) is 0 Å². The van der Waals surface area contributed by atoms with Crippen LogP contribution in [0.1, 0.15) is 12.2 Å². The van der Waals surface area contributed by atoms with Gasteiger partial charge in [-0.1, -0.05) is 12.1 Å². The van der Waals surface area contributed by atoms with Gasteiger partial charge in [0.25, 0.3) is 9.84 Å². The second-order valence-electron chi connectivity index (χ2n) is 4.89. The summed E-state index contributed by atoms with van der Waals surface area (Å²) in [6.07, 6.45) is 4.07. The number of aromatic nitrogens is 2. The highest BCUT2D eigenvalue weighted by atomic mass is 32.2. The molecule has 0 aliphatic rings. The number of sulfone groups is 1. The zero-order chi connectivity index (χ0) is 17.1. The molecule has 23 heavy (non-hydrogen) atoms. The highest BCUT2D eigenvalue weighted by molar-refractivity contribution is 7.92. The number of nitrogens with zero attached hydrogens (tertiary/aromatic N) is 2. The van der Waals surface area contributed by atoms with Crippen LogP contribution in [0, 0.1) is 6.92 Å². The Bertz CT molecular complexity index is 770. The maximum absolute atomic E-state index is 12.7. The molecule has 0 fully saturated rings. The van der Waals surface area contributed by atoms with E-state index in [1.165, 1.54) is 18.2 Å². The average Bonchev–Trinajstić information content (AvgIpc) is 2.88. The van der Waals surface area contributed by atoms with Gasteiger partial charge in [-0.05, 0) is 25.5 Å². The molecule has 1 N–H and O–H groups in total. The van der Waals surface area contributed by atoms with Crippen molar-refractivity contribution in [1.29, 1.82) is 0 Å². The first-order valence-corrected chi connectivity index (χ1v) is 8.34.